The standard InChI is InChI=1S/C12H10Br2P2/c1-7-4-3-5-15-11(7)12-8(2)9(13)6-10(14)16-12/h3-6H,1-2H3. The maximum atomic E-state index is 3.62. The molecule has 0 bridgehead atoms. The van der Waals surface area contributed by atoms with Gasteiger partial charge in [-0.3, -0.25) is 0 Å². The van der Waals surface area contributed by atoms with Gasteiger partial charge in [-0.1, -0.05) is 44.4 Å². The molecule has 0 unspecified atom stereocenters. The van der Waals surface area contributed by atoms with Crippen LogP contribution < -0.4 is 0 Å². The Kier molecular flexibility index (Phi) is 4.19. The molecule has 82 valence electrons. The normalized spacial score (nSPS) is 11.5. The zero-order chi connectivity index (χ0) is 11.7. The van der Waals surface area contributed by atoms with Crippen LogP contribution in [0.25, 0.3) is 10.6 Å². The fourth-order valence-electron chi connectivity index (χ4n) is 1.51. The molecule has 0 saturated heterocycles. The van der Waals surface area contributed by atoms with Crippen LogP contribution in [-0.4, -0.2) is 0 Å². The Morgan fingerprint density at radius 2 is 1.88 bits per heavy atom. The largest absolute Gasteiger partial charge is 0.0672 e. The van der Waals surface area contributed by atoms with Crippen molar-refractivity contribution in [2.24, 2.45) is 0 Å². The molecule has 0 aromatic carbocycles. The summed E-state index contributed by atoms with van der Waals surface area (Å²) in [6.45, 7) is 4.36. The molecule has 0 fully saturated rings. The lowest BCUT2D eigenvalue weighted by Crippen LogP contribution is -1.82. The molecule has 4 heteroatoms. The van der Waals surface area contributed by atoms with E-state index in [0.29, 0.717) is 0 Å². The Bertz CT molecular complexity index is 539. The highest BCUT2D eigenvalue weighted by Crippen LogP contribution is 2.44. The summed E-state index contributed by atoms with van der Waals surface area (Å²) in [5, 5.41) is 2.85. The van der Waals surface area contributed by atoms with Crippen LogP contribution in [0.2, 0.25) is 0 Å². The Morgan fingerprint density at radius 3 is 2.56 bits per heavy atom. The van der Waals surface area contributed by atoms with E-state index in [4.69, 9.17) is 0 Å². The first-order valence-electron chi connectivity index (χ1n) is 4.84. The monoisotopic (exact) mass is 374 g/mol. The van der Waals surface area contributed by atoms with Gasteiger partial charge in [-0.25, -0.2) is 0 Å². The average molecular weight is 376 g/mol. The molecule has 0 nitrogen and oxygen atoms in total. The molecule has 2 aromatic rings. The summed E-state index contributed by atoms with van der Waals surface area (Å²) in [5.74, 6) is 2.19. The van der Waals surface area contributed by atoms with Crippen molar-refractivity contribution in [2.75, 3.05) is 0 Å². The number of rotatable bonds is 1. The van der Waals surface area contributed by atoms with Crippen LogP contribution in [0, 0.1) is 13.8 Å². The third kappa shape index (κ3) is 2.57. The van der Waals surface area contributed by atoms with Gasteiger partial charge in [0.15, 0.2) is 0 Å². The molecule has 0 aliphatic heterocycles. The van der Waals surface area contributed by atoms with Crippen molar-refractivity contribution in [3.05, 3.63) is 43.8 Å². The number of hydrogen-bond acceptors (Lipinski definition) is 0. The van der Waals surface area contributed by atoms with E-state index in [2.05, 4.69) is 69.7 Å². The van der Waals surface area contributed by atoms with E-state index in [9.17, 15) is 0 Å². The Hall–Kier alpha value is 0.260. The molecule has 16 heavy (non-hydrogen) atoms. The van der Waals surface area contributed by atoms with Crippen LogP contribution in [0.1, 0.15) is 11.1 Å². The molecule has 0 spiro atoms. The van der Waals surface area contributed by atoms with Gasteiger partial charge >= 0.3 is 0 Å². The Morgan fingerprint density at radius 1 is 1.12 bits per heavy atom. The lowest BCUT2D eigenvalue weighted by Gasteiger charge is -2.10. The summed E-state index contributed by atoms with van der Waals surface area (Å²) >= 11 is 7.21. The van der Waals surface area contributed by atoms with Crippen LogP contribution in [0.5, 0.6) is 0 Å². The summed E-state index contributed by atoms with van der Waals surface area (Å²) in [5.41, 5.74) is 2.71. The minimum absolute atomic E-state index is 1.18. The maximum absolute atomic E-state index is 3.62. The van der Waals surface area contributed by atoms with Crippen molar-refractivity contribution in [2.45, 2.75) is 13.8 Å². The van der Waals surface area contributed by atoms with Crippen LogP contribution in [-0.2, 0) is 0 Å². The summed E-state index contributed by atoms with van der Waals surface area (Å²) in [6.07, 6.45) is 0. The zero-order valence-electron chi connectivity index (χ0n) is 8.96. The summed E-state index contributed by atoms with van der Waals surface area (Å²) < 4.78 is 2.39. The molecule has 2 heterocycles. The van der Waals surface area contributed by atoms with E-state index in [1.54, 1.807) is 0 Å². The quantitative estimate of drug-likeness (QED) is 0.523. The zero-order valence-corrected chi connectivity index (χ0v) is 13.9. The van der Waals surface area contributed by atoms with Crippen molar-refractivity contribution in [1.82, 2.24) is 0 Å². The highest BCUT2D eigenvalue weighted by atomic mass is 79.9. The van der Waals surface area contributed by atoms with Crippen LogP contribution in [0.15, 0.2) is 32.7 Å². The van der Waals surface area contributed by atoms with Crippen molar-refractivity contribution >= 4 is 48.2 Å². The highest BCUT2D eigenvalue weighted by Gasteiger charge is 2.09. The average Bonchev–Trinajstić information content (AvgIpc) is 2.24. The first kappa shape index (κ1) is 12.7. The molecule has 2 aromatic heterocycles. The third-order valence-electron chi connectivity index (χ3n) is 2.41. The fourth-order valence-corrected chi connectivity index (χ4v) is 5.53. The number of hydrogen-bond donors (Lipinski definition) is 0. The van der Waals surface area contributed by atoms with E-state index in [-0.39, 0.29) is 0 Å². The van der Waals surface area contributed by atoms with Crippen LogP contribution in [0.3, 0.4) is 0 Å². The second kappa shape index (κ2) is 5.27. The highest BCUT2D eigenvalue weighted by molar-refractivity contribution is 9.11. The predicted molar refractivity (Wildman–Crippen MR) is 81.8 cm³/mol. The number of halogens is 2. The van der Waals surface area contributed by atoms with Gasteiger partial charge in [0.1, 0.15) is 0 Å². The molecule has 2 rings (SSSR count). The summed E-state index contributed by atoms with van der Waals surface area (Å²) in [7, 11) is 2.57. The lowest BCUT2D eigenvalue weighted by molar-refractivity contribution is 1.45. The van der Waals surface area contributed by atoms with E-state index in [1.807, 2.05) is 0 Å². The molecule has 0 aliphatic rings. The SMILES string of the molecule is Cc1cccpc1-c1pc(Br)cc(Br)c1C. The first-order valence-corrected chi connectivity index (χ1v) is 8.28. The van der Waals surface area contributed by atoms with Crippen molar-refractivity contribution < 1.29 is 0 Å². The molecular weight excluding hydrogens is 366 g/mol. The third-order valence-corrected chi connectivity index (χ3v) is 6.45. The Balaban J connectivity index is 2.69. The number of aryl methyl sites for hydroxylation is 1. The van der Waals surface area contributed by atoms with Crippen LogP contribution in [0.4, 0.5) is 0 Å². The van der Waals surface area contributed by atoms with Gasteiger partial charge in [0, 0.05) is 19.3 Å². The van der Waals surface area contributed by atoms with Crippen molar-refractivity contribution in [3.63, 3.8) is 0 Å². The minimum Gasteiger partial charge on any atom is -0.0672 e. The van der Waals surface area contributed by atoms with Crippen molar-refractivity contribution in [1.29, 1.82) is 0 Å². The molecule has 0 aliphatic carbocycles. The first-order chi connectivity index (χ1) is 7.59. The van der Waals surface area contributed by atoms with Gasteiger partial charge in [-0.05, 0) is 52.8 Å². The van der Waals surface area contributed by atoms with Gasteiger partial charge in [0.2, 0.25) is 0 Å². The second-order valence-electron chi connectivity index (χ2n) is 3.57. The summed E-state index contributed by atoms with van der Waals surface area (Å²) in [6, 6.07) is 6.44. The summed E-state index contributed by atoms with van der Waals surface area (Å²) in [4.78, 5) is 0. The van der Waals surface area contributed by atoms with Gasteiger partial charge in [-0.15, -0.1) is 0 Å². The van der Waals surface area contributed by atoms with E-state index >= 15 is 0 Å². The smallest absolute Gasteiger partial charge is 0.0465 e. The molecule has 0 saturated carbocycles. The van der Waals surface area contributed by atoms with Gasteiger partial charge in [-0.2, -0.15) is 0 Å². The molecule has 0 atom stereocenters. The molecule has 0 radical (unpaired) electrons. The fraction of sp³-hybridized carbons (Fsp3) is 0.167. The topological polar surface area (TPSA) is 0 Å². The minimum atomic E-state index is 1.18. The lowest BCUT2D eigenvalue weighted by atomic mass is 10.2. The van der Waals surface area contributed by atoms with E-state index in [1.165, 1.54) is 46.8 Å². The predicted octanol–water partition coefficient (Wildman–Crippen LogP) is 6.66. The molecule has 0 amide bonds. The van der Waals surface area contributed by atoms with Gasteiger partial charge in [0.25, 0.3) is 0 Å². The molecule has 0 N–H and O–H groups in total. The van der Waals surface area contributed by atoms with E-state index < -0.39 is 0 Å². The second-order valence-corrected chi connectivity index (χ2v) is 8.05. The van der Waals surface area contributed by atoms with Gasteiger partial charge in [0.05, 0.1) is 0 Å². The van der Waals surface area contributed by atoms with Gasteiger partial charge < -0.3 is 0 Å². The maximum Gasteiger partial charge on any atom is 0.0465 e. The molecular formula is C12H10Br2P2. The Labute approximate surface area is 116 Å². The van der Waals surface area contributed by atoms with E-state index in [0.717, 1.165) is 0 Å². The van der Waals surface area contributed by atoms with Crippen molar-refractivity contribution in [3.8, 4) is 10.6 Å². The van der Waals surface area contributed by atoms with Crippen LogP contribution >= 0.6 is 48.2 Å².